The fourth-order valence-corrected chi connectivity index (χ4v) is 9.32. The summed E-state index contributed by atoms with van der Waals surface area (Å²) >= 11 is 1.85. The van der Waals surface area contributed by atoms with Crippen molar-refractivity contribution in [2.24, 2.45) is 0 Å². The molecule has 0 saturated carbocycles. The zero-order chi connectivity index (χ0) is 32.5. The Morgan fingerprint density at radius 2 is 1.22 bits per heavy atom. The number of fused-ring (bicyclic) bond motifs is 12. The minimum atomic E-state index is 0.640. The third-order valence-electron chi connectivity index (χ3n) is 10.3. The van der Waals surface area contributed by atoms with Crippen molar-refractivity contribution in [3.05, 3.63) is 146 Å². The van der Waals surface area contributed by atoms with Crippen molar-refractivity contribution >= 4 is 86.0 Å². The minimum absolute atomic E-state index is 0.640. The van der Waals surface area contributed by atoms with Crippen molar-refractivity contribution in [3.8, 4) is 34.4 Å². The van der Waals surface area contributed by atoms with Gasteiger partial charge in [-0.25, -0.2) is 9.97 Å². The summed E-state index contributed by atoms with van der Waals surface area (Å²) in [6.45, 7) is 0. The molecule has 0 spiro atoms. The molecule has 0 saturated heterocycles. The molecule has 0 aliphatic carbocycles. The van der Waals surface area contributed by atoms with Gasteiger partial charge in [0.1, 0.15) is 11.5 Å². The Morgan fingerprint density at radius 3 is 2.14 bits per heavy atom. The fourth-order valence-electron chi connectivity index (χ4n) is 8.23. The van der Waals surface area contributed by atoms with E-state index in [2.05, 4.69) is 124 Å². The average Bonchev–Trinajstić information content (AvgIpc) is 3.82. The predicted octanol–water partition coefficient (Wildman–Crippen LogP) is 12.0. The SMILES string of the molecule is c1ccc2c(c1)Oc1cccc3nc(-n4c5ccccc5c5c4ccc4c6ccccc6n(-c6ccc7sc8ccccc8c7c6)c45)nc-2c13. The largest absolute Gasteiger partial charge is 0.456 e. The number of nitrogens with zero attached hydrogens (tertiary/aromatic N) is 4. The monoisotopic (exact) mass is 656 g/mol. The van der Waals surface area contributed by atoms with Gasteiger partial charge in [-0.2, -0.15) is 0 Å². The van der Waals surface area contributed by atoms with Crippen molar-refractivity contribution < 1.29 is 4.74 Å². The highest BCUT2D eigenvalue weighted by atomic mass is 32.1. The van der Waals surface area contributed by atoms with Crippen LogP contribution >= 0.6 is 11.3 Å². The third kappa shape index (κ3) is 3.40. The predicted molar refractivity (Wildman–Crippen MR) is 207 cm³/mol. The first-order valence-corrected chi connectivity index (χ1v) is 17.6. The lowest BCUT2D eigenvalue weighted by Crippen LogP contribution is -2.06. The van der Waals surface area contributed by atoms with Crippen molar-refractivity contribution in [1.29, 1.82) is 0 Å². The zero-order valence-electron chi connectivity index (χ0n) is 26.5. The van der Waals surface area contributed by atoms with E-state index in [9.17, 15) is 0 Å². The van der Waals surface area contributed by atoms with Crippen LogP contribution in [0.2, 0.25) is 0 Å². The molecule has 0 amide bonds. The molecule has 50 heavy (non-hydrogen) atoms. The normalized spacial score (nSPS) is 12.6. The highest BCUT2D eigenvalue weighted by Gasteiger charge is 2.26. The van der Waals surface area contributed by atoms with Gasteiger partial charge in [-0.15, -0.1) is 11.3 Å². The first-order chi connectivity index (χ1) is 24.8. The molecule has 0 N–H and O–H groups in total. The molecule has 12 rings (SSSR count). The van der Waals surface area contributed by atoms with E-state index >= 15 is 0 Å². The topological polar surface area (TPSA) is 44.9 Å². The summed E-state index contributed by atoms with van der Waals surface area (Å²) in [7, 11) is 0. The van der Waals surface area contributed by atoms with Gasteiger partial charge in [0.15, 0.2) is 0 Å². The van der Waals surface area contributed by atoms with Gasteiger partial charge in [0.2, 0.25) is 5.95 Å². The van der Waals surface area contributed by atoms with Crippen LogP contribution in [0.25, 0.3) is 97.6 Å². The molecule has 5 heterocycles. The molecule has 4 aromatic heterocycles. The fraction of sp³-hybridized carbons (Fsp3) is 0. The maximum absolute atomic E-state index is 6.31. The summed E-state index contributed by atoms with van der Waals surface area (Å²) in [5.41, 5.74) is 8.35. The van der Waals surface area contributed by atoms with Crippen LogP contribution in [0.15, 0.2) is 146 Å². The number of aromatic nitrogens is 4. The standard InChI is InChI=1S/C44H24N4OS/c1-5-15-33-26(10-1)28-21-22-35-40(43(28)47(33)25-20-23-39-31(24-25)27-11-4-8-19-38(27)50-39)29-12-2-6-16-34(29)48(35)44-45-32-14-9-18-37-41(32)42(46-44)30-13-3-7-17-36(30)49-37/h1-24H. The van der Waals surface area contributed by atoms with Crippen LogP contribution in [-0.2, 0) is 0 Å². The Balaban J connectivity index is 1.22. The van der Waals surface area contributed by atoms with E-state index in [0.717, 1.165) is 55.8 Å². The molecular formula is C44H24N4OS. The number of thiophene rings is 1. The van der Waals surface area contributed by atoms with Gasteiger partial charge >= 0.3 is 0 Å². The van der Waals surface area contributed by atoms with Crippen LogP contribution in [0.1, 0.15) is 0 Å². The van der Waals surface area contributed by atoms with Crippen molar-refractivity contribution in [1.82, 2.24) is 19.1 Å². The molecule has 0 atom stereocenters. The molecule has 0 fully saturated rings. The second-order valence-corrected chi connectivity index (χ2v) is 14.0. The summed E-state index contributed by atoms with van der Waals surface area (Å²) < 4.78 is 13.6. The van der Waals surface area contributed by atoms with Crippen LogP contribution in [-0.4, -0.2) is 19.1 Å². The highest BCUT2D eigenvalue weighted by Crippen LogP contribution is 2.47. The van der Waals surface area contributed by atoms with Crippen LogP contribution in [0.4, 0.5) is 0 Å². The van der Waals surface area contributed by atoms with E-state index in [-0.39, 0.29) is 0 Å². The lowest BCUT2D eigenvalue weighted by atomic mass is 10.0. The Hall–Kier alpha value is -6.50. The number of rotatable bonds is 2. The van der Waals surface area contributed by atoms with Gasteiger partial charge in [-0.1, -0.05) is 78.9 Å². The van der Waals surface area contributed by atoms with Crippen molar-refractivity contribution in [2.75, 3.05) is 0 Å². The Kier molecular flexibility index (Phi) is 5.06. The number of para-hydroxylation sites is 3. The second-order valence-electron chi connectivity index (χ2n) is 13.0. The number of hydrogen-bond acceptors (Lipinski definition) is 4. The molecule has 0 radical (unpaired) electrons. The maximum atomic E-state index is 6.31. The molecule has 7 aromatic carbocycles. The Labute approximate surface area is 288 Å². The summed E-state index contributed by atoms with van der Waals surface area (Å²) in [6, 6.07) is 51.8. The molecule has 232 valence electrons. The molecule has 0 unspecified atom stereocenters. The lowest BCUT2D eigenvalue weighted by molar-refractivity contribution is 0.486. The van der Waals surface area contributed by atoms with Gasteiger partial charge in [-0.05, 0) is 66.7 Å². The van der Waals surface area contributed by atoms with Gasteiger partial charge in [-0.3, -0.25) is 4.57 Å². The first-order valence-electron chi connectivity index (χ1n) is 16.8. The summed E-state index contributed by atoms with van der Waals surface area (Å²) in [6.07, 6.45) is 0. The van der Waals surface area contributed by atoms with Crippen LogP contribution < -0.4 is 4.74 Å². The third-order valence-corrected chi connectivity index (χ3v) is 11.5. The molecule has 1 aliphatic rings. The summed E-state index contributed by atoms with van der Waals surface area (Å²) in [5, 5.41) is 8.31. The zero-order valence-corrected chi connectivity index (χ0v) is 27.3. The van der Waals surface area contributed by atoms with E-state index in [1.54, 1.807) is 0 Å². The van der Waals surface area contributed by atoms with Crippen LogP contribution in [0.5, 0.6) is 11.5 Å². The van der Waals surface area contributed by atoms with Gasteiger partial charge in [0.05, 0.1) is 38.7 Å². The first kappa shape index (κ1) is 26.5. The van der Waals surface area contributed by atoms with E-state index in [0.29, 0.717) is 5.95 Å². The van der Waals surface area contributed by atoms with E-state index in [4.69, 9.17) is 14.7 Å². The van der Waals surface area contributed by atoms with Crippen LogP contribution in [0, 0.1) is 0 Å². The lowest BCUT2D eigenvalue weighted by Gasteiger charge is -2.20. The number of hydrogen-bond donors (Lipinski definition) is 0. The molecule has 11 aromatic rings. The quantitative estimate of drug-likeness (QED) is 0.186. The second kappa shape index (κ2) is 9.56. The molecule has 1 aliphatic heterocycles. The number of ether oxygens (including phenoxy) is 1. The van der Waals surface area contributed by atoms with Crippen molar-refractivity contribution in [3.63, 3.8) is 0 Å². The average molecular weight is 657 g/mol. The summed E-state index contributed by atoms with van der Waals surface area (Å²) in [5.74, 6) is 2.23. The van der Waals surface area contributed by atoms with E-state index in [1.165, 1.54) is 47.4 Å². The van der Waals surface area contributed by atoms with E-state index in [1.807, 2.05) is 41.7 Å². The van der Waals surface area contributed by atoms with Crippen LogP contribution in [0.3, 0.4) is 0 Å². The van der Waals surface area contributed by atoms with Gasteiger partial charge < -0.3 is 9.30 Å². The molecular weight excluding hydrogens is 633 g/mol. The minimum Gasteiger partial charge on any atom is -0.456 e. The van der Waals surface area contributed by atoms with Gasteiger partial charge in [0, 0.05) is 53.0 Å². The molecule has 5 nitrogen and oxygen atoms in total. The summed E-state index contributed by atoms with van der Waals surface area (Å²) in [4.78, 5) is 10.6. The van der Waals surface area contributed by atoms with Crippen molar-refractivity contribution in [2.45, 2.75) is 0 Å². The molecule has 0 bridgehead atoms. The maximum Gasteiger partial charge on any atom is 0.235 e. The Morgan fingerprint density at radius 1 is 0.480 bits per heavy atom. The van der Waals surface area contributed by atoms with E-state index < -0.39 is 0 Å². The highest BCUT2D eigenvalue weighted by molar-refractivity contribution is 7.25. The Bertz CT molecular complexity index is 3260. The smallest absolute Gasteiger partial charge is 0.235 e. The van der Waals surface area contributed by atoms with Gasteiger partial charge in [0.25, 0.3) is 0 Å². The molecule has 6 heteroatoms. The number of benzene rings is 7.